The molecule has 3 amide bonds. The van der Waals surface area contributed by atoms with Gasteiger partial charge in [-0.1, -0.05) is 12.2 Å². The summed E-state index contributed by atoms with van der Waals surface area (Å²) in [6.45, 7) is 0.484. The maximum Gasteiger partial charge on any atom is 0.318 e. The zero-order chi connectivity index (χ0) is 9.84. The minimum Gasteiger partial charge on any atom is -0.357 e. The maximum absolute atomic E-state index is 11.3. The molecule has 13 heavy (non-hydrogen) atoms. The molecule has 0 radical (unpaired) electrons. The van der Waals surface area contributed by atoms with Crippen molar-refractivity contribution in [1.29, 1.82) is 0 Å². The first-order valence-corrected chi connectivity index (χ1v) is 4.07. The molecule has 2 N–H and O–H groups in total. The quantitative estimate of drug-likeness (QED) is 0.529. The van der Waals surface area contributed by atoms with Gasteiger partial charge in [-0.3, -0.25) is 4.79 Å². The molecular weight excluding hydrogens is 170 g/mol. The summed E-state index contributed by atoms with van der Waals surface area (Å²) in [5.41, 5.74) is 0. The predicted octanol–water partition coefficient (Wildman–Crippen LogP) is -0.688. The Morgan fingerprint density at radius 3 is 2.62 bits per heavy atom. The Kier molecular flexibility index (Phi) is 2.89. The fourth-order valence-corrected chi connectivity index (χ4v) is 1.25. The van der Waals surface area contributed by atoms with Crippen LogP contribution in [0, 0.1) is 0 Å². The number of nitrogens with zero attached hydrogens (tertiary/aromatic N) is 1. The zero-order valence-electron chi connectivity index (χ0n) is 7.70. The van der Waals surface area contributed by atoms with Gasteiger partial charge < -0.3 is 15.5 Å². The van der Waals surface area contributed by atoms with Crippen LogP contribution in [0.4, 0.5) is 4.79 Å². The monoisotopic (exact) mass is 183 g/mol. The van der Waals surface area contributed by atoms with Crippen molar-refractivity contribution >= 4 is 11.9 Å². The highest BCUT2D eigenvalue weighted by Crippen LogP contribution is 2.09. The minimum absolute atomic E-state index is 0.169. The molecular formula is C8H13N3O2. The van der Waals surface area contributed by atoms with Crippen LogP contribution < -0.4 is 10.6 Å². The SMILES string of the molecule is CNC(=O)[C@H]1C=CCN1C(=O)NC. The second-order valence-corrected chi connectivity index (χ2v) is 2.69. The molecule has 1 aliphatic rings. The van der Waals surface area contributed by atoms with Crippen LogP contribution in [0.15, 0.2) is 12.2 Å². The van der Waals surface area contributed by atoms with Crippen molar-refractivity contribution < 1.29 is 9.59 Å². The van der Waals surface area contributed by atoms with E-state index in [0.717, 1.165) is 0 Å². The van der Waals surface area contributed by atoms with Gasteiger partial charge in [-0.2, -0.15) is 0 Å². The summed E-state index contributed by atoms with van der Waals surface area (Å²) < 4.78 is 0. The fourth-order valence-electron chi connectivity index (χ4n) is 1.25. The normalized spacial score (nSPS) is 20.2. The van der Waals surface area contributed by atoms with Gasteiger partial charge in [0.2, 0.25) is 5.91 Å². The molecule has 5 heteroatoms. The van der Waals surface area contributed by atoms with E-state index in [4.69, 9.17) is 0 Å². The number of carbonyl (C=O) groups excluding carboxylic acids is 2. The lowest BCUT2D eigenvalue weighted by Crippen LogP contribution is -2.48. The van der Waals surface area contributed by atoms with Gasteiger partial charge in [0.05, 0.1) is 0 Å². The molecule has 0 saturated carbocycles. The van der Waals surface area contributed by atoms with E-state index in [1.54, 1.807) is 26.2 Å². The van der Waals surface area contributed by atoms with Crippen molar-refractivity contribution in [2.24, 2.45) is 0 Å². The van der Waals surface area contributed by atoms with E-state index < -0.39 is 6.04 Å². The van der Waals surface area contributed by atoms with Crippen molar-refractivity contribution in [3.05, 3.63) is 12.2 Å². The molecule has 0 saturated heterocycles. The first kappa shape index (κ1) is 9.57. The molecule has 1 atom stereocenters. The molecule has 0 aromatic rings. The van der Waals surface area contributed by atoms with Gasteiger partial charge in [-0.15, -0.1) is 0 Å². The standard InChI is InChI=1S/C8H13N3O2/c1-9-7(12)6-4-3-5-11(6)8(13)10-2/h3-4,6H,5H2,1-2H3,(H,9,12)(H,10,13)/t6-/m1/s1. The van der Waals surface area contributed by atoms with E-state index in [1.807, 2.05) is 0 Å². The van der Waals surface area contributed by atoms with Crippen LogP contribution in [0.2, 0.25) is 0 Å². The third kappa shape index (κ3) is 1.80. The number of hydrogen-bond donors (Lipinski definition) is 2. The Labute approximate surface area is 76.8 Å². The van der Waals surface area contributed by atoms with Crippen molar-refractivity contribution in [3.8, 4) is 0 Å². The van der Waals surface area contributed by atoms with Crippen LogP contribution in [-0.2, 0) is 4.79 Å². The predicted molar refractivity (Wildman–Crippen MR) is 48.2 cm³/mol. The lowest BCUT2D eigenvalue weighted by molar-refractivity contribution is -0.123. The number of amides is 3. The third-order valence-electron chi connectivity index (χ3n) is 1.95. The first-order chi connectivity index (χ1) is 6.20. The third-order valence-corrected chi connectivity index (χ3v) is 1.95. The first-order valence-electron chi connectivity index (χ1n) is 4.07. The van der Waals surface area contributed by atoms with Gasteiger partial charge in [0.25, 0.3) is 0 Å². The van der Waals surface area contributed by atoms with Crippen LogP contribution in [0.25, 0.3) is 0 Å². The van der Waals surface area contributed by atoms with Gasteiger partial charge in [0.1, 0.15) is 6.04 Å². The van der Waals surface area contributed by atoms with Crippen molar-refractivity contribution in [1.82, 2.24) is 15.5 Å². The molecule has 0 spiro atoms. The Hall–Kier alpha value is -1.52. The van der Waals surface area contributed by atoms with Crippen LogP contribution >= 0.6 is 0 Å². The van der Waals surface area contributed by atoms with Crippen molar-refractivity contribution in [2.75, 3.05) is 20.6 Å². The summed E-state index contributed by atoms with van der Waals surface area (Å²) in [6, 6.07) is -0.705. The molecule has 0 fully saturated rings. The highest BCUT2D eigenvalue weighted by Gasteiger charge is 2.28. The van der Waals surface area contributed by atoms with E-state index in [-0.39, 0.29) is 11.9 Å². The number of nitrogens with one attached hydrogen (secondary N) is 2. The summed E-state index contributed by atoms with van der Waals surface area (Å²) in [7, 11) is 3.10. The van der Waals surface area contributed by atoms with Gasteiger partial charge in [0.15, 0.2) is 0 Å². The lowest BCUT2D eigenvalue weighted by Gasteiger charge is -2.22. The zero-order valence-corrected chi connectivity index (χ0v) is 7.70. The average Bonchev–Trinajstić information content (AvgIpc) is 2.63. The second kappa shape index (κ2) is 3.93. The Morgan fingerprint density at radius 1 is 1.38 bits per heavy atom. The van der Waals surface area contributed by atoms with Crippen LogP contribution in [-0.4, -0.2) is 43.5 Å². The Morgan fingerprint density at radius 2 is 2.08 bits per heavy atom. The van der Waals surface area contributed by atoms with E-state index >= 15 is 0 Å². The van der Waals surface area contributed by atoms with E-state index in [0.29, 0.717) is 6.54 Å². The number of hydrogen-bond acceptors (Lipinski definition) is 2. The lowest BCUT2D eigenvalue weighted by atomic mass is 10.3. The average molecular weight is 183 g/mol. The largest absolute Gasteiger partial charge is 0.357 e. The van der Waals surface area contributed by atoms with E-state index in [1.165, 1.54) is 4.90 Å². The van der Waals surface area contributed by atoms with E-state index in [2.05, 4.69) is 10.6 Å². The molecule has 0 aromatic carbocycles. The fraction of sp³-hybridized carbons (Fsp3) is 0.500. The van der Waals surface area contributed by atoms with Crippen LogP contribution in [0.5, 0.6) is 0 Å². The van der Waals surface area contributed by atoms with Gasteiger partial charge in [-0.05, 0) is 0 Å². The minimum atomic E-state index is -0.468. The molecule has 5 nitrogen and oxygen atoms in total. The van der Waals surface area contributed by atoms with Crippen LogP contribution in [0.3, 0.4) is 0 Å². The molecule has 1 aliphatic heterocycles. The van der Waals surface area contributed by atoms with Gasteiger partial charge in [-0.25, -0.2) is 4.79 Å². The van der Waals surface area contributed by atoms with Gasteiger partial charge in [0, 0.05) is 20.6 Å². The topological polar surface area (TPSA) is 61.4 Å². The molecule has 0 bridgehead atoms. The number of urea groups is 1. The van der Waals surface area contributed by atoms with Crippen molar-refractivity contribution in [2.45, 2.75) is 6.04 Å². The highest BCUT2D eigenvalue weighted by atomic mass is 16.2. The van der Waals surface area contributed by atoms with Crippen LogP contribution in [0.1, 0.15) is 0 Å². The van der Waals surface area contributed by atoms with Crippen molar-refractivity contribution in [3.63, 3.8) is 0 Å². The molecule has 0 aliphatic carbocycles. The second-order valence-electron chi connectivity index (χ2n) is 2.69. The Balaban J connectivity index is 2.67. The molecule has 1 heterocycles. The molecule has 72 valence electrons. The molecule has 0 unspecified atom stereocenters. The Bertz CT molecular complexity index is 250. The number of likely N-dealkylation sites (N-methyl/N-ethyl adjacent to an activating group) is 1. The summed E-state index contributed by atoms with van der Waals surface area (Å²) in [4.78, 5) is 24.0. The summed E-state index contributed by atoms with van der Waals surface area (Å²) in [5.74, 6) is -0.169. The highest BCUT2D eigenvalue weighted by molar-refractivity contribution is 5.89. The molecule has 0 aromatic heterocycles. The molecule has 1 rings (SSSR count). The summed E-state index contributed by atoms with van der Waals surface area (Å²) >= 11 is 0. The number of carbonyl (C=O) groups is 2. The van der Waals surface area contributed by atoms with Gasteiger partial charge >= 0.3 is 6.03 Å². The number of rotatable bonds is 1. The summed E-state index contributed by atoms with van der Waals surface area (Å²) in [6.07, 6.45) is 3.52. The van der Waals surface area contributed by atoms with E-state index in [9.17, 15) is 9.59 Å². The maximum atomic E-state index is 11.3. The summed E-state index contributed by atoms with van der Waals surface area (Å²) in [5, 5.41) is 4.99. The smallest absolute Gasteiger partial charge is 0.318 e.